The molecule has 0 aliphatic heterocycles. The maximum atomic E-state index is 12.5. The van der Waals surface area contributed by atoms with E-state index in [1.807, 2.05) is 6.08 Å². The Hall–Kier alpha value is -1.92. The van der Waals surface area contributed by atoms with Gasteiger partial charge in [-0.1, -0.05) is 269 Å². The highest BCUT2D eigenvalue weighted by molar-refractivity contribution is 5.76. The maximum Gasteiger partial charge on any atom is 0.305 e. The molecule has 0 rings (SSSR count). The van der Waals surface area contributed by atoms with Crippen molar-refractivity contribution in [3.8, 4) is 0 Å². The highest BCUT2D eigenvalue weighted by Gasteiger charge is 2.18. The van der Waals surface area contributed by atoms with Crippen LogP contribution >= 0.6 is 0 Å². The summed E-state index contributed by atoms with van der Waals surface area (Å²) < 4.78 is 5.48. The minimum atomic E-state index is -0.851. The van der Waals surface area contributed by atoms with E-state index in [1.165, 1.54) is 250 Å². The predicted octanol–water partition coefficient (Wildman–Crippen LogP) is 19.2. The molecule has 0 heterocycles. The maximum absolute atomic E-state index is 12.5. The second-order valence-corrected chi connectivity index (χ2v) is 21.0. The number of hydrogen-bond acceptors (Lipinski definition) is 5. The lowest BCUT2D eigenvalue weighted by Crippen LogP contribution is -2.45. The average molecular weight is 971 g/mol. The molecule has 6 heteroatoms. The number of hydrogen-bond donors (Lipinski definition) is 3. The highest BCUT2D eigenvalue weighted by atomic mass is 16.5. The van der Waals surface area contributed by atoms with Crippen LogP contribution in [0.5, 0.6) is 0 Å². The fourth-order valence-corrected chi connectivity index (χ4v) is 9.39. The molecule has 2 unspecified atom stereocenters. The van der Waals surface area contributed by atoms with Crippen molar-refractivity contribution in [3.05, 3.63) is 36.5 Å². The first-order valence-corrected chi connectivity index (χ1v) is 30.8. The van der Waals surface area contributed by atoms with E-state index in [4.69, 9.17) is 4.74 Å². The molecule has 0 radical (unpaired) electrons. The molecule has 0 aromatic rings. The van der Waals surface area contributed by atoms with Crippen LogP contribution in [0.15, 0.2) is 36.5 Å². The molecule has 0 aliphatic rings. The van der Waals surface area contributed by atoms with Crippen LogP contribution in [0.3, 0.4) is 0 Å². The molecule has 3 N–H and O–H groups in total. The number of carbonyl (C=O) groups excluding carboxylic acids is 2. The van der Waals surface area contributed by atoms with Crippen LogP contribution in [0.25, 0.3) is 0 Å². The van der Waals surface area contributed by atoms with Gasteiger partial charge in [-0.25, -0.2) is 0 Å². The number of nitrogens with one attached hydrogen (secondary N) is 1. The molecule has 0 saturated heterocycles. The van der Waals surface area contributed by atoms with E-state index in [1.54, 1.807) is 6.08 Å². The number of rotatable bonds is 57. The number of aliphatic hydroxyl groups is 2. The smallest absolute Gasteiger partial charge is 0.305 e. The summed E-state index contributed by atoms with van der Waals surface area (Å²) in [5.74, 6) is -0.0776. The summed E-state index contributed by atoms with van der Waals surface area (Å²) in [5.41, 5.74) is 0. The van der Waals surface area contributed by atoms with Gasteiger partial charge >= 0.3 is 5.97 Å². The van der Waals surface area contributed by atoms with Crippen molar-refractivity contribution in [2.45, 2.75) is 341 Å². The van der Waals surface area contributed by atoms with Gasteiger partial charge in [0.25, 0.3) is 0 Å². The fourth-order valence-electron chi connectivity index (χ4n) is 9.39. The van der Waals surface area contributed by atoms with Crippen LogP contribution < -0.4 is 5.32 Å². The zero-order valence-corrected chi connectivity index (χ0v) is 46.3. The van der Waals surface area contributed by atoms with Crippen molar-refractivity contribution in [1.29, 1.82) is 0 Å². The standard InChI is InChI=1S/C63H119NO5/c1-3-5-7-9-11-13-15-17-19-24-28-31-35-39-43-47-51-55-61(66)60(59-65)64-62(67)56-52-48-44-40-36-32-29-25-22-20-21-23-26-30-34-38-42-46-50-54-58-69-63(68)57-53-49-45-41-37-33-27-18-16-14-12-10-8-6-4-2/h18,20,22,27,51,55,60-61,65-66H,3-17,19,21,23-26,28-50,52-54,56-59H2,1-2H3,(H,64,67)/b22-20-,27-18-,55-51+. The summed E-state index contributed by atoms with van der Waals surface area (Å²) in [7, 11) is 0. The van der Waals surface area contributed by atoms with Crippen molar-refractivity contribution in [3.63, 3.8) is 0 Å². The molecule has 0 saturated carbocycles. The summed E-state index contributed by atoms with van der Waals surface area (Å²) in [5, 5.41) is 23.1. The monoisotopic (exact) mass is 970 g/mol. The first kappa shape index (κ1) is 67.1. The Labute approximate surface area is 430 Å². The lowest BCUT2D eigenvalue weighted by atomic mass is 10.0. The summed E-state index contributed by atoms with van der Waals surface area (Å²) in [4.78, 5) is 24.5. The molecule has 6 nitrogen and oxygen atoms in total. The van der Waals surface area contributed by atoms with E-state index in [-0.39, 0.29) is 18.5 Å². The molecule has 69 heavy (non-hydrogen) atoms. The van der Waals surface area contributed by atoms with Crippen LogP contribution in [0.2, 0.25) is 0 Å². The van der Waals surface area contributed by atoms with Gasteiger partial charge in [0, 0.05) is 12.8 Å². The molecule has 0 spiro atoms. The Morgan fingerprint density at radius 1 is 0.391 bits per heavy atom. The van der Waals surface area contributed by atoms with Crippen LogP contribution in [0.4, 0.5) is 0 Å². The van der Waals surface area contributed by atoms with Crippen molar-refractivity contribution < 1.29 is 24.5 Å². The summed E-state index contributed by atoms with van der Waals surface area (Å²) in [6.45, 7) is 4.90. The van der Waals surface area contributed by atoms with E-state index in [0.29, 0.717) is 19.4 Å². The SMILES string of the molecule is CCCCCCCC/C=C\CCCCCCCC(=O)OCCCCCCCCCCC/C=C\CCCCCCCCCC(=O)NC(CO)C(O)/C=C/CCCCCCCCCCCCCCCCC. The summed E-state index contributed by atoms with van der Waals surface area (Å²) >= 11 is 0. The highest BCUT2D eigenvalue weighted by Crippen LogP contribution is 2.17. The summed E-state index contributed by atoms with van der Waals surface area (Å²) in [6.07, 6.45) is 73.2. The van der Waals surface area contributed by atoms with Crippen LogP contribution in [0, 0.1) is 0 Å². The van der Waals surface area contributed by atoms with Gasteiger partial charge in [-0.05, 0) is 83.5 Å². The molecule has 1 amide bonds. The van der Waals surface area contributed by atoms with Gasteiger partial charge in [-0.15, -0.1) is 0 Å². The molecule has 0 bridgehead atoms. The average Bonchev–Trinajstić information content (AvgIpc) is 3.35. The van der Waals surface area contributed by atoms with Gasteiger partial charge in [0.1, 0.15) is 0 Å². The van der Waals surface area contributed by atoms with E-state index >= 15 is 0 Å². The molecule has 2 atom stereocenters. The van der Waals surface area contributed by atoms with Gasteiger partial charge in [0.05, 0.1) is 25.4 Å². The van der Waals surface area contributed by atoms with Crippen molar-refractivity contribution in [2.75, 3.05) is 13.2 Å². The molecular formula is C63H119NO5. The molecular weight excluding hydrogens is 851 g/mol. The molecule has 406 valence electrons. The van der Waals surface area contributed by atoms with Gasteiger partial charge in [0.2, 0.25) is 5.91 Å². The number of aliphatic hydroxyl groups excluding tert-OH is 2. The number of amides is 1. The topological polar surface area (TPSA) is 95.9 Å². The van der Waals surface area contributed by atoms with Gasteiger partial charge in [-0.3, -0.25) is 9.59 Å². The number of esters is 1. The Bertz CT molecular complexity index is 1120. The molecule has 0 aromatic carbocycles. The van der Waals surface area contributed by atoms with Gasteiger partial charge in [0.15, 0.2) is 0 Å². The normalized spacial score (nSPS) is 12.8. The van der Waals surface area contributed by atoms with E-state index in [2.05, 4.69) is 43.5 Å². The summed E-state index contributed by atoms with van der Waals surface area (Å²) in [6, 6.07) is -0.635. The third kappa shape index (κ3) is 55.2. The predicted molar refractivity (Wildman–Crippen MR) is 301 cm³/mol. The molecule has 0 fully saturated rings. The van der Waals surface area contributed by atoms with Crippen molar-refractivity contribution in [1.82, 2.24) is 5.32 Å². The van der Waals surface area contributed by atoms with E-state index in [9.17, 15) is 19.8 Å². The number of unbranched alkanes of at least 4 members (excludes halogenated alkanes) is 42. The van der Waals surface area contributed by atoms with Crippen LogP contribution in [0.1, 0.15) is 328 Å². The Morgan fingerprint density at radius 3 is 1.03 bits per heavy atom. The Kier molecular flexibility index (Phi) is 57.0. The second kappa shape index (κ2) is 58.6. The third-order valence-corrected chi connectivity index (χ3v) is 14.1. The van der Waals surface area contributed by atoms with Crippen LogP contribution in [-0.4, -0.2) is 47.4 Å². The molecule has 0 aromatic heterocycles. The largest absolute Gasteiger partial charge is 0.466 e. The lowest BCUT2D eigenvalue weighted by Gasteiger charge is -2.20. The zero-order chi connectivity index (χ0) is 50.0. The van der Waals surface area contributed by atoms with E-state index in [0.717, 1.165) is 51.4 Å². The molecule has 0 aliphatic carbocycles. The minimum absolute atomic E-state index is 0.00236. The first-order chi connectivity index (χ1) is 34.0. The van der Waals surface area contributed by atoms with Crippen molar-refractivity contribution in [2.24, 2.45) is 0 Å². The lowest BCUT2D eigenvalue weighted by molar-refractivity contribution is -0.143. The Morgan fingerprint density at radius 2 is 0.681 bits per heavy atom. The quantitative estimate of drug-likeness (QED) is 0.0321. The Balaban J connectivity index is 3.46. The van der Waals surface area contributed by atoms with Crippen LogP contribution in [-0.2, 0) is 14.3 Å². The number of ether oxygens (including phenoxy) is 1. The van der Waals surface area contributed by atoms with Gasteiger partial charge in [-0.2, -0.15) is 0 Å². The van der Waals surface area contributed by atoms with Gasteiger partial charge < -0.3 is 20.3 Å². The number of allylic oxidation sites excluding steroid dienone is 5. The first-order valence-electron chi connectivity index (χ1n) is 30.8. The van der Waals surface area contributed by atoms with E-state index < -0.39 is 12.1 Å². The third-order valence-electron chi connectivity index (χ3n) is 14.1. The van der Waals surface area contributed by atoms with Crippen molar-refractivity contribution >= 4 is 11.9 Å². The minimum Gasteiger partial charge on any atom is -0.466 e. The second-order valence-electron chi connectivity index (χ2n) is 21.0. The zero-order valence-electron chi connectivity index (χ0n) is 46.3. The fraction of sp³-hybridized carbons (Fsp3) is 0.873. The number of carbonyl (C=O) groups is 2.